The van der Waals surface area contributed by atoms with Gasteiger partial charge in [0.05, 0.1) is 0 Å². The average Bonchev–Trinajstić information content (AvgIpc) is 3.25. The van der Waals surface area contributed by atoms with Gasteiger partial charge in [-0.1, -0.05) is 38.1 Å². The summed E-state index contributed by atoms with van der Waals surface area (Å²) < 4.78 is 2.02. The van der Waals surface area contributed by atoms with E-state index < -0.39 is 0 Å². The van der Waals surface area contributed by atoms with Gasteiger partial charge in [-0.25, -0.2) is 0 Å². The number of benzene rings is 1. The van der Waals surface area contributed by atoms with Gasteiger partial charge in [-0.15, -0.1) is 10.2 Å². The molecule has 2 heterocycles. The highest BCUT2D eigenvalue weighted by Crippen LogP contribution is 2.16. The minimum Gasteiger partial charge on any atom is -0.356 e. The van der Waals surface area contributed by atoms with E-state index in [4.69, 9.17) is 0 Å². The summed E-state index contributed by atoms with van der Waals surface area (Å²) in [5, 5.41) is 11.2. The Bertz CT molecular complexity index is 729. The Balaban J connectivity index is 1.35. The number of hydrogen-bond acceptors (Lipinski definition) is 4. The fraction of sp³-hybridized carbons (Fsp3) is 0.591. The lowest BCUT2D eigenvalue weighted by Crippen LogP contribution is -2.52. The summed E-state index contributed by atoms with van der Waals surface area (Å²) >= 11 is 0. The standard InChI is InChI=1S/C22H35N7/c1-19(2)21-8-6-20(7-9-21)16-27-12-14-29(15-13-27)22(23-3)24-10-4-5-11-28-17-25-26-18-28/h6-9,17-19H,4-5,10-16H2,1-3H3,(H,23,24). The average molecular weight is 398 g/mol. The van der Waals surface area contributed by atoms with Crippen LogP contribution in [0.5, 0.6) is 0 Å². The van der Waals surface area contributed by atoms with E-state index in [2.05, 4.69) is 68.4 Å². The molecule has 1 aromatic heterocycles. The second kappa shape index (κ2) is 11.0. The van der Waals surface area contributed by atoms with E-state index in [0.717, 1.165) is 64.6 Å². The Morgan fingerprint density at radius 2 is 1.72 bits per heavy atom. The van der Waals surface area contributed by atoms with Gasteiger partial charge in [-0.05, 0) is 29.9 Å². The third-order valence-corrected chi connectivity index (χ3v) is 5.53. The van der Waals surface area contributed by atoms with Crippen molar-refractivity contribution in [3.8, 4) is 0 Å². The Labute approximate surface area is 174 Å². The molecule has 7 nitrogen and oxygen atoms in total. The minimum atomic E-state index is 0.592. The maximum absolute atomic E-state index is 4.48. The van der Waals surface area contributed by atoms with Crippen LogP contribution in [0, 0.1) is 0 Å². The first-order chi connectivity index (χ1) is 14.2. The molecule has 0 aliphatic carbocycles. The molecule has 1 fully saturated rings. The second-order valence-electron chi connectivity index (χ2n) is 8.04. The van der Waals surface area contributed by atoms with Crippen LogP contribution >= 0.6 is 0 Å². The normalized spacial score (nSPS) is 15.9. The zero-order chi connectivity index (χ0) is 20.5. The van der Waals surface area contributed by atoms with Gasteiger partial charge in [-0.3, -0.25) is 9.89 Å². The predicted molar refractivity (Wildman–Crippen MR) is 118 cm³/mol. The van der Waals surface area contributed by atoms with Crippen molar-refractivity contribution in [1.82, 2.24) is 29.9 Å². The molecular weight excluding hydrogens is 362 g/mol. The fourth-order valence-electron chi connectivity index (χ4n) is 3.67. The third-order valence-electron chi connectivity index (χ3n) is 5.53. The summed E-state index contributed by atoms with van der Waals surface area (Å²) in [6, 6.07) is 9.10. The van der Waals surface area contributed by atoms with Crippen LogP contribution in [0.2, 0.25) is 0 Å². The number of aromatic nitrogens is 3. The van der Waals surface area contributed by atoms with Crippen molar-refractivity contribution in [2.45, 2.75) is 45.7 Å². The molecule has 0 amide bonds. The molecule has 7 heteroatoms. The van der Waals surface area contributed by atoms with Crippen molar-refractivity contribution in [2.24, 2.45) is 4.99 Å². The molecule has 0 saturated carbocycles. The van der Waals surface area contributed by atoms with Crippen molar-refractivity contribution < 1.29 is 0 Å². The Morgan fingerprint density at radius 3 is 2.34 bits per heavy atom. The van der Waals surface area contributed by atoms with Crippen LogP contribution in [0.3, 0.4) is 0 Å². The van der Waals surface area contributed by atoms with Crippen molar-refractivity contribution >= 4 is 5.96 Å². The molecule has 0 atom stereocenters. The Hall–Kier alpha value is -2.41. The number of aliphatic imine (C=N–C) groups is 1. The number of nitrogens with one attached hydrogen (secondary N) is 1. The summed E-state index contributed by atoms with van der Waals surface area (Å²) in [5.41, 5.74) is 2.81. The summed E-state index contributed by atoms with van der Waals surface area (Å²) in [5.74, 6) is 1.62. The van der Waals surface area contributed by atoms with E-state index >= 15 is 0 Å². The molecule has 0 radical (unpaired) electrons. The molecule has 1 N–H and O–H groups in total. The highest BCUT2D eigenvalue weighted by atomic mass is 15.3. The molecule has 1 aliphatic rings. The van der Waals surface area contributed by atoms with Crippen LogP contribution in [-0.4, -0.2) is 70.3 Å². The van der Waals surface area contributed by atoms with E-state index in [9.17, 15) is 0 Å². The lowest BCUT2D eigenvalue weighted by molar-refractivity contribution is 0.172. The van der Waals surface area contributed by atoms with Crippen LogP contribution in [0.4, 0.5) is 0 Å². The smallest absolute Gasteiger partial charge is 0.193 e. The van der Waals surface area contributed by atoms with Crippen molar-refractivity contribution in [2.75, 3.05) is 39.8 Å². The quantitative estimate of drug-likeness (QED) is 0.421. The SMILES string of the molecule is CN=C(NCCCCn1cnnc1)N1CCN(Cc2ccc(C(C)C)cc2)CC1. The van der Waals surface area contributed by atoms with Crippen molar-refractivity contribution in [1.29, 1.82) is 0 Å². The summed E-state index contributed by atoms with van der Waals surface area (Å²) in [7, 11) is 1.88. The molecule has 1 saturated heterocycles. The van der Waals surface area contributed by atoms with Crippen LogP contribution < -0.4 is 5.32 Å². The van der Waals surface area contributed by atoms with E-state index in [-0.39, 0.29) is 0 Å². The summed E-state index contributed by atoms with van der Waals surface area (Å²) in [4.78, 5) is 9.39. The zero-order valence-electron chi connectivity index (χ0n) is 18.1. The van der Waals surface area contributed by atoms with Gasteiger partial charge in [0.2, 0.25) is 0 Å². The molecule has 158 valence electrons. The van der Waals surface area contributed by atoms with Gasteiger partial charge < -0.3 is 14.8 Å². The Morgan fingerprint density at radius 1 is 1.03 bits per heavy atom. The van der Waals surface area contributed by atoms with Crippen molar-refractivity contribution in [3.63, 3.8) is 0 Å². The largest absolute Gasteiger partial charge is 0.356 e. The molecular formula is C22H35N7. The maximum Gasteiger partial charge on any atom is 0.193 e. The number of aryl methyl sites for hydroxylation is 1. The molecule has 29 heavy (non-hydrogen) atoms. The van der Waals surface area contributed by atoms with Gasteiger partial charge in [0.1, 0.15) is 12.7 Å². The number of rotatable bonds is 8. The van der Waals surface area contributed by atoms with Gasteiger partial charge in [-0.2, -0.15) is 0 Å². The third kappa shape index (κ3) is 6.56. The molecule has 3 rings (SSSR count). The monoisotopic (exact) mass is 397 g/mol. The lowest BCUT2D eigenvalue weighted by atomic mass is 10.0. The molecule has 0 unspecified atom stereocenters. The molecule has 2 aromatic rings. The topological polar surface area (TPSA) is 61.6 Å². The number of piperazine rings is 1. The number of unbranched alkanes of at least 4 members (excludes halogenated alkanes) is 1. The van der Waals surface area contributed by atoms with Crippen LogP contribution in [0.25, 0.3) is 0 Å². The van der Waals surface area contributed by atoms with E-state index in [1.165, 1.54) is 11.1 Å². The Kier molecular flexibility index (Phi) is 8.04. The number of hydrogen-bond donors (Lipinski definition) is 1. The fourth-order valence-corrected chi connectivity index (χ4v) is 3.67. The van der Waals surface area contributed by atoms with Gasteiger partial charge in [0.15, 0.2) is 5.96 Å². The van der Waals surface area contributed by atoms with E-state index in [1.54, 1.807) is 12.7 Å². The zero-order valence-corrected chi connectivity index (χ0v) is 18.1. The highest BCUT2D eigenvalue weighted by Gasteiger charge is 2.19. The van der Waals surface area contributed by atoms with Crippen LogP contribution in [0.15, 0.2) is 41.9 Å². The van der Waals surface area contributed by atoms with Crippen LogP contribution in [-0.2, 0) is 13.1 Å². The molecule has 0 bridgehead atoms. The predicted octanol–water partition coefficient (Wildman–Crippen LogP) is 2.57. The second-order valence-corrected chi connectivity index (χ2v) is 8.04. The van der Waals surface area contributed by atoms with Crippen LogP contribution in [0.1, 0.15) is 43.7 Å². The van der Waals surface area contributed by atoms with Crippen molar-refractivity contribution in [3.05, 3.63) is 48.0 Å². The van der Waals surface area contributed by atoms with Gasteiger partial charge in [0.25, 0.3) is 0 Å². The first-order valence-electron chi connectivity index (χ1n) is 10.7. The lowest BCUT2D eigenvalue weighted by Gasteiger charge is -2.36. The minimum absolute atomic E-state index is 0.592. The number of guanidine groups is 1. The van der Waals surface area contributed by atoms with E-state index in [1.807, 2.05) is 11.6 Å². The van der Waals surface area contributed by atoms with Gasteiger partial charge in [0, 0.05) is 52.9 Å². The van der Waals surface area contributed by atoms with Gasteiger partial charge >= 0.3 is 0 Å². The molecule has 1 aliphatic heterocycles. The maximum atomic E-state index is 4.48. The first-order valence-corrected chi connectivity index (χ1v) is 10.7. The first kappa shape index (κ1) is 21.3. The molecule has 0 spiro atoms. The highest BCUT2D eigenvalue weighted by molar-refractivity contribution is 5.79. The molecule has 1 aromatic carbocycles. The summed E-state index contributed by atoms with van der Waals surface area (Å²) in [6.45, 7) is 11.6. The van der Waals surface area contributed by atoms with E-state index in [0.29, 0.717) is 5.92 Å². The summed E-state index contributed by atoms with van der Waals surface area (Å²) in [6.07, 6.45) is 5.74. The number of nitrogens with zero attached hydrogens (tertiary/aromatic N) is 6.